The summed E-state index contributed by atoms with van der Waals surface area (Å²) in [5.74, 6) is 2.67. The van der Waals surface area contributed by atoms with Crippen LogP contribution in [0, 0.1) is 18.3 Å². The lowest BCUT2D eigenvalue weighted by molar-refractivity contribution is -0.0123. The standard InChI is InChI=1S/C9H15NO/c1-4-9(11)5-6-10(3)7-8(9)2/h1,8,11H,5-7H2,2-3H3. The predicted molar refractivity (Wildman–Crippen MR) is 45.1 cm³/mol. The molecular formula is C9H15NO. The van der Waals surface area contributed by atoms with Crippen molar-refractivity contribution in [3.63, 3.8) is 0 Å². The van der Waals surface area contributed by atoms with Gasteiger partial charge in [0.2, 0.25) is 0 Å². The molecule has 0 aromatic carbocycles. The van der Waals surface area contributed by atoms with E-state index < -0.39 is 5.60 Å². The molecule has 0 aromatic rings. The molecule has 0 spiro atoms. The number of hydrogen-bond donors (Lipinski definition) is 1. The van der Waals surface area contributed by atoms with Gasteiger partial charge in [0, 0.05) is 25.4 Å². The summed E-state index contributed by atoms with van der Waals surface area (Å²) in [4.78, 5) is 2.19. The Labute approximate surface area is 68.2 Å². The second-order valence-electron chi connectivity index (χ2n) is 3.48. The summed E-state index contributed by atoms with van der Waals surface area (Å²) in [6, 6.07) is 0. The van der Waals surface area contributed by atoms with E-state index in [9.17, 15) is 5.11 Å². The number of piperidine rings is 1. The number of terminal acetylenes is 1. The van der Waals surface area contributed by atoms with Crippen LogP contribution >= 0.6 is 0 Å². The summed E-state index contributed by atoms with van der Waals surface area (Å²) in [5.41, 5.74) is -0.855. The van der Waals surface area contributed by atoms with E-state index in [1.165, 1.54) is 0 Å². The van der Waals surface area contributed by atoms with Crippen molar-refractivity contribution in [3.05, 3.63) is 0 Å². The molecule has 0 aromatic heterocycles. The van der Waals surface area contributed by atoms with Crippen LogP contribution in [0.5, 0.6) is 0 Å². The molecule has 0 radical (unpaired) electrons. The van der Waals surface area contributed by atoms with Gasteiger partial charge in [0.25, 0.3) is 0 Å². The number of aliphatic hydroxyl groups is 1. The van der Waals surface area contributed by atoms with Gasteiger partial charge in [-0.3, -0.25) is 0 Å². The van der Waals surface area contributed by atoms with Gasteiger partial charge in [-0.15, -0.1) is 6.42 Å². The molecule has 1 heterocycles. The van der Waals surface area contributed by atoms with E-state index in [4.69, 9.17) is 6.42 Å². The van der Waals surface area contributed by atoms with Crippen LogP contribution in [0.25, 0.3) is 0 Å². The Morgan fingerprint density at radius 2 is 2.36 bits per heavy atom. The van der Waals surface area contributed by atoms with Crippen molar-refractivity contribution in [2.45, 2.75) is 18.9 Å². The fourth-order valence-electron chi connectivity index (χ4n) is 1.53. The van der Waals surface area contributed by atoms with E-state index in [0.29, 0.717) is 6.42 Å². The molecule has 2 heteroatoms. The Morgan fingerprint density at radius 3 is 2.82 bits per heavy atom. The predicted octanol–water partition coefficient (Wildman–Crippen LogP) is 0.322. The molecule has 11 heavy (non-hydrogen) atoms. The molecule has 2 nitrogen and oxygen atoms in total. The zero-order valence-corrected chi connectivity index (χ0v) is 7.17. The topological polar surface area (TPSA) is 23.5 Å². The average Bonchev–Trinajstić information content (AvgIpc) is 1.98. The maximum atomic E-state index is 9.80. The second-order valence-corrected chi connectivity index (χ2v) is 3.48. The molecule has 2 unspecified atom stereocenters. The first kappa shape index (κ1) is 8.58. The van der Waals surface area contributed by atoms with Gasteiger partial charge >= 0.3 is 0 Å². The van der Waals surface area contributed by atoms with Crippen molar-refractivity contribution >= 4 is 0 Å². The third-order valence-electron chi connectivity index (χ3n) is 2.53. The lowest BCUT2D eigenvalue weighted by atomic mass is 9.83. The monoisotopic (exact) mass is 153 g/mol. The maximum absolute atomic E-state index is 9.80. The molecule has 0 bridgehead atoms. The van der Waals surface area contributed by atoms with Gasteiger partial charge in [0.1, 0.15) is 5.60 Å². The molecule has 1 rings (SSSR count). The minimum absolute atomic E-state index is 0.186. The molecule has 0 saturated carbocycles. The third-order valence-corrected chi connectivity index (χ3v) is 2.53. The first-order valence-corrected chi connectivity index (χ1v) is 3.97. The highest BCUT2D eigenvalue weighted by atomic mass is 16.3. The first-order valence-electron chi connectivity index (χ1n) is 3.97. The molecule has 1 fully saturated rings. The number of rotatable bonds is 0. The SMILES string of the molecule is C#CC1(O)CCN(C)CC1C. The van der Waals surface area contributed by atoms with Gasteiger partial charge in [0.05, 0.1) is 0 Å². The quantitative estimate of drug-likeness (QED) is 0.507. The molecule has 1 N–H and O–H groups in total. The zero-order chi connectivity index (χ0) is 8.48. The Morgan fingerprint density at radius 1 is 1.73 bits per heavy atom. The van der Waals surface area contributed by atoms with Crippen LogP contribution in [-0.4, -0.2) is 35.7 Å². The molecule has 0 amide bonds. The van der Waals surface area contributed by atoms with Gasteiger partial charge in [-0.25, -0.2) is 0 Å². The van der Waals surface area contributed by atoms with Crippen molar-refractivity contribution in [2.24, 2.45) is 5.92 Å². The van der Waals surface area contributed by atoms with Crippen LogP contribution in [-0.2, 0) is 0 Å². The summed E-state index contributed by atoms with van der Waals surface area (Å²) in [5, 5.41) is 9.80. The molecule has 1 saturated heterocycles. The van der Waals surface area contributed by atoms with Crippen LogP contribution < -0.4 is 0 Å². The largest absolute Gasteiger partial charge is 0.377 e. The summed E-state index contributed by atoms with van der Waals surface area (Å²) in [6.45, 7) is 3.78. The summed E-state index contributed by atoms with van der Waals surface area (Å²) >= 11 is 0. The molecule has 62 valence electrons. The fourth-order valence-corrected chi connectivity index (χ4v) is 1.53. The van der Waals surface area contributed by atoms with Crippen LogP contribution in [0.1, 0.15) is 13.3 Å². The van der Waals surface area contributed by atoms with Crippen LogP contribution in [0.3, 0.4) is 0 Å². The van der Waals surface area contributed by atoms with E-state index in [1.807, 2.05) is 14.0 Å². The Hall–Kier alpha value is -0.520. The van der Waals surface area contributed by atoms with Crippen LogP contribution in [0.4, 0.5) is 0 Å². The minimum atomic E-state index is -0.855. The molecule has 2 atom stereocenters. The van der Waals surface area contributed by atoms with Crippen molar-refractivity contribution in [1.29, 1.82) is 0 Å². The number of likely N-dealkylation sites (tertiary alicyclic amines) is 1. The number of nitrogens with zero attached hydrogens (tertiary/aromatic N) is 1. The van der Waals surface area contributed by atoms with E-state index in [-0.39, 0.29) is 5.92 Å². The molecular weight excluding hydrogens is 138 g/mol. The Kier molecular flexibility index (Phi) is 2.22. The highest BCUT2D eigenvalue weighted by molar-refractivity contribution is 5.11. The van der Waals surface area contributed by atoms with Crippen LogP contribution in [0.2, 0.25) is 0 Å². The summed E-state index contributed by atoms with van der Waals surface area (Å²) in [6.07, 6.45) is 5.95. The van der Waals surface area contributed by atoms with Gasteiger partial charge in [-0.2, -0.15) is 0 Å². The van der Waals surface area contributed by atoms with Gasteiger partial charge in [0.15, 0.2) is 0 Å². The van der Waals surface area contributed by atoms with Crippen molar-refractivity contribution in [3.8, 4) is 12.3 Å². The van der Waals surface area contributed by atoms with Gasteiger partial charge < -0.3 is 10.0 Å². The Balaban J connectivity index is 2.66. The van der Waals surface area contributed by atoms with E-state index in [1.54, 1.807) is 0 Å². The van der Waals surface area contributed by atoms with Crippen LogP contribution in [0.15, 0.2) is 0 Å². The zero-order valence-electron chi connectivity index (χ0n) is 7.17. The molecule has 0 aliphatic carbocycles. The van der Waals surface area contributed by atoms with Crippen molar-refractivity contribution in [1.82, 2.24) is 4.90 Å². The minimum Gasteiger partial charge on any atom is -0.377 e. The lowest BCUT2D eigenvalue weighted by Crippen LogP contribution is -2.48. The highest BCUT2D eigenvalue weighted by Gasteiger charge is 2.35. The van der Waals surface area contributed by atoms with E-state index in [0.717, 1.165) is 13.1 Å². The Bertz CT molecular complexity index is 184. The smallest absolute Gasteiger partial charge is 0.130 e. The highest BCUT2D eigenvalue weighted by Crippen LogP contribution is 2.25. The van der Waals surface area contributed by atoms with Crippen molar-refractivity contribution < 1.29 is 5.11 Å². The maximum Gasteiger partial charge on any atom is 0.130 e. The third kappa shape index (κ3) is 1.55. The average molecular weight is 153 g/mol. The van der Waals surface area contributed by atoms with Crippen molar-refractivity contribution in [2.75, 3.05) is 20.1 Å². The fraction of sp³-hybridized carbons (Fsp3) is 0.778. The summed E-state index contributed by atoms with van der Waals surface area (Å²) < 4.78 is 0. The molecule has 1 aliphatic rings. The van der Waals surface area contributed by atoms with E-state index >= 15 is 0 Å². The molecule has 1 aliphatic heterocycles. The normalized spacial score (nSPS) is 40.0. The van der Waals surface area contributed by atoms with E-state index in [2.05, 4.69) is 10.8 Å². The number of hydrogen-bond acceptors (Lipinski definition) is 2. The second kappa shape index (κ2) is 2.84. The first-order chi connectivity index (χ1) is 5.08. The van der Waals surface area contributed by atoms with Gasteiger partial charge in [-0.05, 0) is 7.05 Å². The van der Waals surface area contributed by atoms with Gasteiger partial charge in [-0.1, -0.05) is 12.8 Å². The lowest BCUT2D eigenvalue weighted by Gasteiger charge is -2.38. The summed E-state index contributed by atoms with van der Waals surface area (Å²) in [7, 11) is 2.05.